The predicted octanol–water partition coefficient (Wildman–Crippen LogP) is -1.39. The van der Waals surface area contributed by atoms with E-state index >= 15 is 0 Å². The van der Waals surface area contributed by atoms with Crippen LogP contribution in [0.3, 0.4) is 0 Å². The van der Waals surface area contributed by atoms with E-state index in [9.17, 15) is 9.59 Å². The molecule has 0 aromatic carbocycles. The van der Waals surface area contributed by atoms with Crippen molar-refractivity contribution in [3.63, 3.8) is 0 Å². The van der Waals surface area contributed by atoms with Crippen molar-refractivity contribution in [3.8, 4) is 0 Å². The Labute approximate surface area is 85.4 Å². The zero-order chi connectivity index (χ0) is 10.8. The molecule has 1 aliphatic rings. The molecule has 80 valence electrons. The van der Waals surface area contributed by atoms with Crippen LogP contribution in [0, 0.1) is 0 Å². The number of nitrogens with one attached hydrogen (secondary N) is 3. The molecule has 2 heterocycles. The van der Waals surface area contributed by atoms with Gasteiger partial charge < -0.3 is 16.4 Å². The summed E-state index contributed by atoms with van der Waals surface area (Å²) in [6.45, 7) is 0.466. The molecule has 15 heavy (non-hydrogen) atoms. The van der Waals surface area contributed by atoms with Crippen LogP contribution in [0.25, 0.3) is 0 Å². The van der Waals surface area contributed by atoms with E-state index in [2.05, 4.69) is 20.8 Å². The molecular weight excluding hydrogens is 198 g/mol. The van der Waals surface area contributed by atoms with Gasteiger partial charge in [-0.05, 0) is 0 Å². The van der Waals surface area contributed by atoms with Crippen LogP contribution in [0.15, 0.2) is 6.07 Å². The minimum atomic E-state index is -0.305. The molecule has 0 bridgehead atoms. The maximum atomic E-state index is 11.5. The van der Waals surface area contributed by atoms with Gasteiger partial charge in [-0.25, -0.2) is 0 Å². The second kappa shape index (κ2) is 3.60. The minimum Gasteiger partial charge on any atom is -0.382 e. The van der Waals surface area contributed by atoms with Gasteiger partial charge in [0.25, 0.3) is 5.91 Å². The normalized spacial score (nSPS) is 20.0. The van der Waals surface area contributed by atoms with Crippen LogP contribution in [0.5, 0.6) is 0 Å². The van der Waals surface area contributed by atoms with E-state index in [1.807, 2.05) is 0 Å². The third-order valence-electron chi connectivity index (χ3n) is 2.15. The van der Waals surface area contributed by atoms with Crippen molar-refractivity contribution < 1.29 is 9.59 Å². The predicted molar refractivity (Wildman–Crippen MR) is 51.9 cm³/mol. The lowest BCUT2D eigenvalue weighted by atomic mass is 10.2. The number of nitrogens with zero attached hydrogens (tertiary/aromatic N) is 1. The molecule has 1 unspecified atom stereocenters. The summed E-state index contributed by atoms with van der Waals surface area (Å²) in [7, 11) is 0. The number of hydrogen-bond acceptors (Lipinski definition) is 4. The standard InChI is InChI=1S/C8H11N5O2/c9-6-2-5(12-13-6)8(15)11-4-1-7(14)10-3-4/h2,4H,1,3H2,(H,10,14)(H,11,15)(H3,9,12,13). The van der Waals surface area contributed by atoms with Crippen molar-refractivity contribution in [2.45, 2.75) is 12.5 Å². The summed E-state index contributed by atoms with van der Waals surface area (Å²) in [6.07, 6.45) is 0.315. The van der Waals surface area contributed by atoms with Crippen molar-refractivity contribution in [2.24, 2.45) is 0 Å². The van der Waals surface area contributed by atoms with Gasteiger partial charge in [-0.2, -0.15) is 5.10 Å². The first-order valence-electron chi connectivity index (χ1n) is 4.53. The molecule has 1 atom stereocenters. The summed E-state index contributed by atoms with van der Waals surface area (Å²) >= 11 is 0. The average Bonchev–Trinajstić information content (AvgIpc) is 2.75. The molecule has 1 aromatic heterocycles. The van der Waals surface area contributed by atoms with Gasteiger partial charge in [0.1, 0.15) is 11.5 Å². The fourth-order valence-electron chi connectivity index (χ4n) is 1.42. The third-order valence-corrected chi connectivity index (χ3v) is 2.15. The molecule has 2 rings (SSSR count). The monoisotopic (exact) mass is 209 g/mol. The SMILES string of the molecule is Nc1cc(C(=O)NC2CNC(=O)C2)[nH]n1. The molecule has 1 fully saturated rings. The average molecular weight is 209 g/mol. The van der Waals surface area contributed by atoms with E-state index in [0.717, 1.165) is 0 Å². The highest BCUT2D eigenvalue weighted by Gasteiger charge is 2.23. The number of carbonyl (C=O) groups is 2. The molecule has 7 nitrogen and oxygen atoms in total. The van der Waals surface area contributed by atoms with E-state index < -0.39 is 0 Å². The Kier molecular flexibility index (Phi) is 2.28. The van der Waals surface area contributed by atoms with Gasteiger partial charge in [0.2, 0.25) is 5.91 Å². The maximum Gasteiger partial charge on any atom is 0.269 e. The van der Waals surface area contributed by atoms with Crippen LogP contribution in [0.1, 0.15) is 16.9 Å². The van der Waals surface area contributed by atoms with E-state index in [1.165, 1.54) is 6.07 Å². The molecule has 0 saturated carbocycles. The Balaban J connectivity index is 1.95. The zero-order valence-electron chi connectivity index (χ0n) is 7.91. The van der Waals surface area contributed by atoms with Crippen LogP contribution < -0.4 is 16.4 Å². The number of H-pyrrole nitrogens is 1. The second-order valence-electron chi connectivity index (χ2n) is 3.39. The van der Waals surface area contributed by atoms with Crippen molar-refractivity contribution >= 4 is 17.6 Å². The first-order chi connectivity index (χ1) is 7.15. The summed E-state index contributed by atoms with van der Waals surface area (Å²) in [4.78, 5) is 22.4. The number of aromatic nitrogens is 2. The Morgan fingerprint density at radius 2 is 2.47 bits per heavy atom. The van der Waals surface area contributed by atoms with Crippen LogP contribution in [-0.4, -0.2) is 34.6 Å². The molecule has 0 aliphatic carbocycles. The fraction of sp³-hybridized carbons (Fsp3) is 0.375. The lowest BCUT2D eigenvalue weighted by Crippen LogP contribution is -2.36. The number of nitrogens with two attached hydrogens (primary N) is 1. The quantitative estimate of drug-likeness (QED) is 0.480. The summed E-state index contributed by atoms with van der Waals surface area (Å²) in [5.74, 6) is -0.0918. The molecule has 1 aliphatic heterocycles. The van der Waals surface area contributed by atoms with Gasteiger partial charge in [0.15, 0.2) is 0 Å². The largest absolute Gasteiger partial charge is 0.382 e. The molecule has 7 heteroatoms. The number of rotatable bonds is 2. The summed E-state index contributed by atoms with van der Waals surface area (Å²) in [5.41, 5.74) is 5.66. The van der Waals surface area contributed by atoms with E-state index in [4.69, 9.17) is 5.73 Å². The molecule has 0 spiro atoms. The number of hydrogen-bond donors (Lipinski definition) is 4. The highest BCUT2D eigenvalue weighted by atomic mass is 16.2. The molecule has 5 N–H and O–H groups in total. The third kappa shape index (κ3) is 2.06. The Morgan fingerprint density at radius 3 is 3.00 bits per heavy atom. The summed E-state index contributed by atoms with van der Waals surface area (Å²) in [5, 5.41) is 11.5. The Morgan fingerprint density at radius 1 is 1.67 bits per heavy atom. The van der Waals surface area contributed by atoms with Crippen molar-refractivity contribution in [1.29, 1.82) is 0 Å². The number of aromatic amines is 1. The fourth-order valence-corrected chi connectivity index (χ4v) is 1.42. The first kappa shape index (κ1) is 9.50. The van der Waals surface area contributed by atoms with E-state index in [-0.39, 0.29) is 23.7 Å². The number of anilines is 1. The van der Waals surface area contributed by atoms with E-state index in [1.54, 1.807) is 0 Å². The van der Waals surface area contributed by atoms with Crippen molar-refractivity contribution in [3.05, 3.63) is 11.8 Å². The number of carbonyl (C=O) groups excluding carboxylic acids is 2. The van der Waals surface area contributed by atoms with Crippen LogP contribution in [0.4, 0.5) is 5.82 Å². The van der Waals surface area contributed by atoms with Gasteiger partial charge >= 0.3 is 0 Å². The Bertz CT molecular complexity index is 399. The van der Waals surface area contributed by atoms with Gasteiger partial charge in [0.05, 0.1) is 6.04 Å². The minimum absolute atomic E-state index is 0.0515. The summed E-state index contributed by atoms with van der Waals surface area (Å²) in [6, 6.07) is 1.29. The second-order valence-corrected chi connectivity index (χ2v) is 3.39. The van der Waals surface area contributed by atoms with Crippen molar-refractivity contribution in [1.82, 2.24) is 20.8 Å². The topological polar surface area (TPSA) is 113 Å². The molecule has 1 aromatic rings. The zero-order valence-corrected chi connectivity index (χ0v) is 7.91. The highest BCUT2D eigenvalue weighted by molar-refractivity contribution is 5.93. The number of amides is 2. The van der Waals surface area contributed by atoms with E-state index in [0.29, 0.717) is 18.7 Å². The van der Waals surface area contributed by atoms with Crippen LogP contribution >= 0.6 is 0 Å². The smallest absolute Gasteiger partial charge is 0.269 e. The Hall–Kier alpha value is -2.05. The van der Waals surface area contributed by atoms with Crippen LogP contribution in [-0.2, 0) is 4.79 Å². The highest BCUT2D eigenvalue weighted by Crippen LogP contribution is 2.03. The molecular formula is C8H11N5O2. The lowest BCUT2D eigenvalue weighted by Gasteiger charge is -2.08. The molecule has 2 amide bonds. The maximum absolute atomic E-state index is 11.5. The van der Waals surface area contributed by atoms with Gasteiger partial charge in [-0.3, -0.25) is 14.7 Å². The number of nitrogen functional groups attached to an aromatic ring is 1. The van der Waals surface area contributed by atoms with Gasteiger partial charge in [0, 0.05) is 19.0 Å². The lowest BCUT2D eigenvalue weighted by molar-refractivity contribution is -0.119. The van der Waals surface area contributed by atoms with Crippen LogP contribution in [0.2, 0.25) is 0 Å². The van der Waals surface area contributed by atoms with Gasteiger partial charge in [-0.15, -0.1) is 0 Å². The van der Waals surface area contributed by atoms with Crippen molar-refractivity contribution in [2.75, 3.05) is 12.3 Å². The summed E-state index contributed by atoms with van der Waals surface area (Å²) < 4.78 is 0. The first-order valence-corrected chi connectivity index (χ1v) is 4.53. The molecule has 1 saturated heterocycles. The van der Waals surface area contributed by atoms with Gasteiger partial charge in [-0.1, -0.05) is 0 Å². The molecule has 0 radical (unpaired) electrons.